The smallest absolute Gasteiger partial charge is 0.290 e. The van der Waals surface area contributed by atoms with Crippen LogP contribution in [-0.2, 0) is 19.5 Å². The lowest BCUT2D eigenvalue weighted by atomic mass is 10.0. The Hall–Kier alpha value is -3.26. The Morgan fingerprint density at radius 1 is 1.00 bits per heavy atom. The molecule has 0 fully saturated rings. The van der Waals surface area contributed by atoms with Gasteiger partial charge in [-0.2, -0.15) is 5.21 Å². The molecule has 1 N–H and O–H groups in total. The van der Waals surface area contributed by atoms with E-state index in [1.807, 2.05) is 41.0 Å². The molecule has 0 saturated carbocycles. The molecule has 3 aromatic heterocycles. The molecule has 8 nitrogen and oxygen atoms in total. The van der Waals surface area contributed by atoms with Crippen molar-refractivity contribution < 1.29 is 0 Å². The van der Waals surface area contributed by atoms with Gasteiger partial charge in [0.05, 0.1) is 12.2 Å². The van der Waals surface area contributed by atoms with E-state index in [1.54, 1.807) is 10.8 Å². The van der Waals surface area contributed by atoms with E-state index >= 15 is 0 Å². The summed E-state index contributed by atoms with van der Waals surface area (Å²) in [5.74, 6) is 0.450. The summed E-state index contributed by atoms with van der Waals surface area (Å²) >= 11 is 6.70. The molecule has 0 spiro atoms. The first kappa shape index (κ1) is 23.9. The number of imidazole rings is 1. The molecule has 0 amide bonds. The first-order valence-corrected chi connectivity index (χ1v) is 12.3. The highest BCUT2D eigenvalue weighted by Gasteiger charge is 2.18. The molecule has 0 radical (unpaired) electrons. The Bertz CT molecular complexity index is 1260. The molecule has 9 heteroatoms. The van der Waals surface area contributed by atoms with E-state index in [0.29, 0.717) is 29.8 Å². The third kappa shape index (κ3) is 5.12. The maximum Gasteiger partial charge on any atom is 0.329 e. The second kappa shape index (κ2) is 11.2. The van der Waals surface area contributed by atoms with Crippen molar-refractivity contribution >= 4 is 11.6 Å². The molecule has 0 saturated heterocycles. The number of aromatic amines is 1. The first-order chi connectivity index (χ1) is 16.6. The van der Waals surface area contributed by atoms with Crippen LogP contribution < -0.4 is 5.69 Å². The van der Waals surface area contributed by atoms with E-state index in [2.05, 4.69) is 39.5 Å². The zero-order chi connectivity index (χ0) is 23.9. The molecule has 0 aliphatic heterocycles. The van der Waals surface area contributed by atoms with Gasteiger partial charge in [-0.1, -0.05) is 75.0 Å². The van der Waals surface area contributed by atoms with Crippen LogP contribution >= 0.6 is 11.6 Å². The van der Waals surface area contributed by atoms with E-state index < -0.39 is 0 Å². The van der Waals surface area contributed by atoms with Crippen molar-refractivity contribution in [2.75, 3.05) is 0 Å². The lowest BCUT2D eigenvalue weighted by Gasteiger charge is -2.10. The number of tetrazole rings is 1. The highest BCUT2D eigenvalue weighted by Crippen LogP contribution is 2.28. The summed E-state index contributed by atoms with van der Waals surface area (Å²) in [5, 5.41) is 14.8. The maximum atomic E-state index is 13.2. The number of hydrogen-bond donors (Lipinski definition) is 1. The van der Waals surface area contributed by atoms with Crippen LogP contribution in [0.5, 0.6) is 0 Å². The fourth-order valence-electron chi connectivity index (χ4n) is 4.12. The number of unbranched alkanes of at least 4 members (excludes halogenated alkanes) is 3. The van der Waals surface area contributed by atoms with Crippen molar-refractivity contribution in [3.05, 3.63) is 69.5 Å². The molecule has 178 valence electrons. The Labute approximate surface area is 204 Å². The fourth-order valence-corrected chi connectivity index (χ4v) is 4.48. The van der Waals surface area contributed by atoms with E-state index in [-0.39, 0.29) is 5.69 Å². The molecule has 0 unspecified atom stereocenters. The van der Waals surface area contributed by atoms with Crippen LogP contribution in [0.1, 0.15) is 57.2 Å². The quantitative estimate of drug-likeness (QED) is 0.301. The number of nitrogens with zero attached hydrogens (tertiary/aromatic N) is 6. The number of aromatic nitrogens is 7. The van der Waals surface area contributed by atoms with Crippen LogP contribution in [0.4, 0.5) is 0 Å². The van der Waals surface area contributed by atoms with Crippen molar-refractivity contribution in [1.82, 2.24) is 34.7 Å². The zero-order valence-electron chi connectivity index (χ0n) is 19.7. The summed E-state index contributed by atoms with van der Waals surface area (Å²) in [6.07, 6.45) is 7.70. The number of hydrogen-bond acceptors (Lipinski definition) is 5. The summed E-state index contributed by atoms with van der Waals surface area (Å²) in [6, 6.07) is 12.0. The van der Waals surface area contributed by atoms with Gasteiger partial charge in [0, 0.05) is 18.3 Å². The highest BCUT2D eigenvalue weighted by atomic mass is 35.5. The molecule has 0 bridgehead atoms. The number of halogens is 1. The molecule has 3 heterocycles. The number of nitrogens with one attached hydrogen (secondary N) is 1. The standard InChI is InChI=1S/C25H30ClN7O/c1-3-5-7-16-32-23(26)21(10-6-4-2)33(25(32)34)17-18-11-13-19(14-12-18)20-9-8-15-27-22(20)24-28-30-31-29-24/h8-9,11-15H,3-7,10,16-17H2,1-2H3,(H,28,29,30,31). The Kier molecular flexibility index (Phi) is 7.90. The first-order valence-electron chi connectivity index (χ1n) is 11.9. The van der Waals surface area contributed by atoms with Crippen LogP contribution in [0, 0.1) is 0 Å². The van der Waals surface area contributed by atoms with Gasteiger partial charge >= 0.3 is 5.69 Å². The van der Waals surface area contributed by atoms with Crippen LogP contribution in [0.25, 0.3) is 22.6 Å². The fraction of sp³-hybridized carbons (Fsp3) is 0.400. The monoisotopic (exact) mass is 479 g/mol. The second-order valence-corrected chi connectivity index (χ2v) is 8.76. The summed E-state index contributed by atoms with van der Waals surface area (Å²) < 4.78 is 3.58. The predicted octanol–water partition coefficient (Wildman–Crippen LogP) is 5.13. The zero-order valence-corrected chi connectivity index (χ0v) is 20.4. The normalized spacial score (nSPS) is 11.3. The number of rotatable bonds is 11. The third-order valence-corrected chi connectivity index (χ3v) is 6.41. The SMILES string of the molecule is CCCCCn1c(Cl)c(CCCC)n(Cc2ccc(-c3cccnc3-c3nn[nH]n3)cc2)c1=O. The van der Waals surface area contributed by atoms with Crippen LogP contribution in [0.3, 0.4) is 0 Å². The second-order valence-electron chi connectivity index (χ2n) is 8.40. The summed E-state index contributed by atoms with van der Waals surface area (Å²) in [5.41, 5.74) is 4.52. The van der Waals surface area contributed by atoms with Gasteiger partial charge in [0.15, 0.2) is 0 Å². The van der Waals surface area contributed by atoms with E-state index in [1.165, 1.54) is 0 Å². The summed E-state index contributed by atoms with van der Waals surface area (Å²) in [4.78, 5) is 17.7. The lowest BCUT2D eigenvalue weighted by Crippen LogP contribution is -2.25. The van der Waals surface area contributed by atoms with Crippen LogP contribution in [-0.4, -0.2) is 34.7 Å². The summed E-state index contributed by atoms with van der Waals surface area (Å²) in [6.45, 7) is 5.46. The van der Waals surface area contributed by atoms with Gasteiger partial charge in [-0.05, 0) is 41.7 Å². The van der Waals surface area contributed by atoms with E-state index in [0.717, 1.165) is 60.9 Å². The Morgan fingerprint density at radius 3 is 2.50 bits per heavy atom. The molecular formula is C25H30ClN7O. The molecular weight excluding hydrogens is 450 g/mol. The van der Waals surface area contributed by atoms with Crippen molar-refractivity contribution in [1.29, 1.82) is 0 Å². The minimum atomic E-state index is -0.0251. The average molecular weight is 480 g/mol. The lowest BCUT2D eigenvalue weighted by molar-refractivity contribution is 0.573. The van der Waals surface area contributed by atoms with Crippen molar-refractivity contribution in [2.24, 2.45) is 0 Å². The molecule has 4 aromatic rings. The van der Waals surface area contributed by atoms with Crippen molar-refractivity contribution in [2.45, 2.75) is 65.5 Å². The van der Waals surface area contributed by atoms with Gasteiger partial charge in [0.1, 0.15) is 10.8 Å². The van der Waals surface area contributed by atoms with Gasteiger partial charge in [0.25, 0.3) is 0 Å². The molecule has 0 aliphatic carbocycles. The van der Waals surface area contributed by atoms with E-state index in [9.17, 15) is 4.79 Å². The summed E-state index contributed by atoms with van der Waals surface area (Å²) in [7, 11) is 0. The van der Waals surface area contributed by atoms with Crippen molar-refractivity contribution in [3.8, 4) is 22.6 Å². The van der Waals surface area contributed by atoms with Crippen LogP contribution in [0.2, 0.25) is 5.15 Å². The number of benzene rings is 1. The van der Waals surface area contributed by atoms with E-state index in [4.69, 9.17) is 11.6 Å². The third-order valence-electron chi connectivity index (χ3n) is 5.99. The molecule has 1 aromatic carbocycles. The van der Waals surface area contributed by atoms with Crippen molar-refractivity contribution in [3.63, 3.8) is 0 Å². The Balaban J connectivity index is 1.62. The van der Waals surface area contributed by atoms with Gasteiger partial charge in [0.2, 0.25) is 5.82 Å². The minimum Gasteiger partial charge on any atom is -0.290 e. The van der Waals surface area contributed by atoms with Gasteiger partial charge in [-0.15, -0.1) is 10.2 Å². The molecule has 0 aliphatic rings. The minimum absolute atomic E-state index is 0.0251. The number of pyridine rings is 1. The number of H-pyrrole nitrogens is 1. The average Bonchev–Trinajstić information content (AvgIpc) is 3.47. The highest BCUT2D eigenvalue weighted by molar-refractivity contribution is 6.30. The van der Waals surface area contributed by atoms with Gasteiger partial charge in [-0.25, -0.2) is 4.79 Å². The predicted molar refractivity (Wildman–Crippen MR) is 134 cm³/mol. The largest absolute Gasteiger partial charge is 0.329 e. The molecule has 34 heavy (non-hydrogen) atoms. The molecule has 0 atom stereocenters. The topological polar surface area (TPSA) is 94.3 Å². The van der Waals surface area contributed by atoms with Gasteiger partial charge in [-0.3, -0.25) is 14.1 Å². The maximum absolute atomic E-state index is 13.2. The van der Waals surface area contributed by atoms with Gasteiger partial charge < -0.3 is 0 Å². The Morgan fingerprint density at radius 2 is 1.79 bits per heavy atom. The van der Waals surface area contributed by atoms with Crippen LogP contribution in [0.15, 0.2) is 47.4 Å². The molecule has 4 rings (SSSR count).